The highest BCUT2D eigenvalue weighted by Crippen LogP contribution is 2.13. The van der Waals surface area contributed by atoms with Gasteiger partial charge in [0.1, 0.15) is 0 Å². The highest BCUT2D eigenvalue weighted by Gasteiger charge is 2.04. The van der Waals surface area contributed by atoms with E-state index in [1.165, 1.54) is 12.1 Å². The average Bonchev–Trinajstić information content (AvgIpc) is 2.89. The van der Waals surface area contributed by atoms with Crippen LogP contribution < -0.4 is 0 Å². The lowest BCUT2D eigenvalue weighted by Gasteiger charge is -1.93. The predicted molar refractivity (Wildman–Crippen MR) is 75.1 cm³/mol. The van der Waals surface area contributed by atoms with Crippen molar-refractivity contribution in [3.05, 3.63) is 70.4 Å². The van der Waals surface area contributed by atoms with Gasteiger partial charge in [0, 0.05) is 29.1 Å². The van der Waals surface area contributed by atoms with E-state index in [4.69, 9.17) is 0 Å². The van der Waals surface area contributed by atoms with Gasteiger partial charge < -0.3 is 0 Å². The Morgan fingerprint density at radius 3 is 2.85 bits per heavy atom. The Bertz CT molecular complexity index is 856. The van der Waals surface area contributed by atoms with Gasteiger partial charge in [-0.1, -0.05) is 24.3 Å². The highest BCUT2D eigenvalue weighted by molar-refractivity contribution is 5.79. The van der Waals surface area contributed by atoms with Gasteiger partial charge in [0.2, 0.25) is 0 Å². The smallest absolute Gasteiger partial charge is 0.258 e. The van der Waals surface area contributed by atoms with E-state index in [0.717, 1.165) is 10.9 Å². The molecule has 0 unspecified atom stereocenters. The maximum absolute atomic E-state index is 10.7. The molecule has 0 aliphatic carbocycles. The molecular formula is C15H9N3O2. The van der Waals surface area contributed by atoms with Crippen LogP contribution in [0.1, 0.15) is 5.56 Å². The fourth-order valence-electron chi connectivity index (χ4n) is 1.88. The summed E-state index contributed by atoms with van der Waals surface area (Å²) in [6.45, 7) is 0. The number of nitro groups is 1. The monoisotopic (exact) mass is 263 g/mol. The Kier molecular flexibility index (Phi) is 2.90. The Hall–Kier alpha value is -3.13. The minimum atomic E-state index is -0.436. The molecule has 0 saturated heterocycles. The zero-order valence-corrected chi connectivity index (χ0v) is 10.4. The lowest BCUT2D eigenvalue weighted by molar-refractivity contribution is -0.384. The largest absolute Gasteiger partial charge is 0.270 e. The number of rotatable bonds is 1. The Morgan fingerprint density at radius 1 is 1.15 bits per heavy atom. The van der Waals surface area contributed by atoms with Gasteiger partial charge in [-0.25, -0.2) is 0 Å². The number of fused-ring (bicyclic) bond motifs is 1. The van der Waals surface area contributed by atoms with Gasteiger partial charge in [0.05, 0.1) is 16.6 Å². The van der Waals surface area contributed by atoms with Crippen LogP contribution in [0.5, 0.6) is 0 Å². The van der Waals surface area contributed by atoms with E-state index < -0.39 is 4.92 Å². The molecule has 0 N–H and O–H groups in total. The molecule has 5 heteroatoms. The van der Waals surface area contributed by atoms with Crippen LogP contribution in [-0.4, -0.2) is 14.7 Å². The first-order chi connectivity index (χ1) is 9.74. The molecule has 1 heterocycles. The lowest BCUT2D eigenvalue weighted by atomic mass is 10.2. The third-order valence-corrected chi connectivity index (χ3v) is 2.84. The number of hydrogen-bond acceptors (Lipinski definition) is 3. The summed E-state index contributed by atoms with van der Waals surface area (Å²) >= 11 is 0. The molecule has 1 aromatic heterocycles. The highest BCUT2D eigenvalue weighted by atomic mass is 16.6. The van der Waals surface area contributed by atoms with Crippen molar-refractivity contribution in [3.8, 4) is 12.0 Å². The first kappa shape index (κ1) is 11.9. The first-order valence-corrected chi connectivity index (χ1v) is 5.93. The fourth-order valence-corrected chi connectivity index (χ4v) is 1.88. The topological polar surface area (TPSA) is 61.0 Å². The summed E-state index contributed by atoms with van der Waals surface area (Å²) < 4.78 is 1.56. The average molecular weight is 263 g/mol. The number of benzene rings is 2. The molecule has 0 aliphatic heterocycles. The number of nitro benzene ring substituents is 1. The second-order valence-corrected chi connectivity index (χ2v) is 4.16. The number of non-ortho nitro benzene ring substituents is 1. The quantitative estimate of drug-likeness (QED) is 0.385. The Labute approximate surface area is 114 Å². The standard InChI is InChI=1S/C15H9N3O2/c19-18(20)14-6-3-4-12(10-14)8-9-17-15-7-2-1-5-13(15)11-16-17/h1-7,10-11H. The molecule has 0 saturated carbocycles. The summed E-state index contributed by atoms with van der Waals surface area (Å²) in [5.74, 6) is 2.88. The Balaban J connectivity index is 1.99. The number of para-hydroxylation sites is 1. The van der Waals surface area contributed by atoms with Crippen LogP contribution in [-0.2, 0) is 0 Å². The molecule has 0 atom stereocenters. The lowest BCUT2D eigenvalue weighted by Crippen LogP contribution is -1.91. The maximum Gasteiger partial charge on any atom is 0.270 e. The molecule has 0 fully saturated rings. The van der Waals surface area contributed by atoms with Crippen LogP contribution >= 0.6 is 0 Å². The predicted octanol–water partition coefficient (Wildman–Crippen LogP) is 2.80. The van der Waals surface area contributed by atoms with Crippen molar-refractivity contribution in [2.45, 2.75) is 0 Å². The molecule has 0 radical (unpaired) electrons. The molecule has 0 aliphatic rings. The molecule has 3 aromatic rings. The minimum absolute atomic E-state index is 0.0297. The normalized spacial score (nSPS) is 10.0. The van der Waals surface area contributed by atoms with Crippen molar-refractivity contribution in [1.29, 1.82) is 0 Å². The third-order valence-electron chi connectivity index (χ3n) is 2.84. The second-order valence-electron chi connectivity index (χ2n) is 4.16. The van der Waals surface area contributed by atoms with E-state index in [2.05, 4.69) is 17.1 Å². The number of nitrogens with zero attached hydrogens (tertiary/aromatic N) is 3. The van der Waals surface area contributed by atoms with Gasteiger partial charge in [-0.2, -0.15) is 9.78 Å². The molecule has 0 amide bonds. The number of aromatic nitrogens is 2. The summed E-state index contributed by atoms with van der Waals surface area (Å²) in [4.78, 5) is 10.3. The molecule has 0 bridgehead atoms. The van der Waals surface area contributed by atoms with Crippen LogP contribution in [0, 0.1) is 22.1 Å². The van der Waals surface area contributed by atoms with E-state index >= 15 is 0 Å². The van der Waals surface area contributed by atoms with Gasteiger partial charge in [-0.05, 0) is 18.1 Å². The van der Waals surface area contributed by atoms with Gasteiger partial charge in [-0.15, -0.1) is 0 Å². The second kappa shape index (κ2) is 4.86. The fraction of sp³-hybridized carbons (Fsp3) is 0. The van der Waals surface area contributed by atoms with Gasteiger partial charge in [0.25, 0.3) is 5.69 Å². The van der Waals surface area contributed by atoms with Crippen molar-refractivity contribution in [2.75, 3.05) is 0 Å². The van der Waals surface area contributed by atoms with Crippen LogP contribution in [0.4, 0.5) is 5.69 Å². The van der Waals surface area contributed by atoms with Crippen LogP contribution in [0.25, 0.3) is 10.9 Å². The zero-order chi connectivity index (χ0) is 13.9. The Morgan fingerprint density at radius 2 is 2.00 bits per heavy atom. The van der Waals surface area contributed by atoms with Crippen LogP contribution in [0.15, 0.2) is 54.7 Å². The van der Waals surface area contributed by atoms with E-state index in [-0.39, 0.29) is 5.69 Å². The van der Waals surface area contributed by atoms with E-state index in [0.29, 0.717) is 5.56 Å². The van der Waals surface area contributed by atoms with Gasteiger partial charge >= 0.3 is 0 Å². The van der Waals surface area contributed by atoms with Crippen LogP contribution in [0.3, 0.4) is 0 Å². The summed E-state index contributed by atoms with van der Waals surface area (Å²) in [7, 11) is 0. The van der Waals surface area contributed by atoms with E-state index in [1.54, 1.807) is 23.0 Å². The summed E-state index contributed by atoms with van der Waals surface area (Å²) in [6, 6.07) is 16.8. The van der Waals surface area contributed by atoms with Gasteiger partial charge in [0.15, 0.2) is 0 Å². The maximum atomic E-state index is 10.7. The number of hydrogen-bond donors (Lipinski definition) is 0. The molecule has 0 spiro atoms. The van der Waals surface area contributed by atoms with Crippen molar-refractivity contribution in [2.24, 2.45) is 0 Å². The molecule has 20 heavy (non-hydrogen) atoms. The van der Waals surface area contributed by atoms with E-state index in [1.807, 2.05) is 24.3 Å². The van der Waals surface area contributed by atoms with E-state index in [9.17, 15) is 10.1 Å². The van der Waals surface area contributed by atoms with Crippen molar-refractivity contribution < 1.29 is 4.92 Å². The molecule has 96 valence electrons. The van der Waals surface area contributed by atoms with Crippen molar-refractivity contribution >= 4 is 16.6 Å². The van der Waals surface area contributed by atoms with Crippen molar-refractivity contribution in [1.82, 2.24) is 9.78 Å². The minimum Gasteiger partial charge on any atom is -0.258 e. The summed E-state index contributed by atoms with van der Waals surface area (Å²) in [6.07, 6.45) is 1.73. The zero-order valence-electron chi connectivity index (χ0n) is 10.4. The summed E-state index contributed by atoms with van der Waals surface area (Å²) in [5, 5.41) is 15.9. The molecule has 5 nitrogen and oxygen atoms in total. The summed E-state index contributed by atoms with van der Waals surface area (Å²) in [5.41, 5.74) is 1.52. The molecular weight excluding hydrogens is 254 g/mol. The SMILES string of the molecule is O=[N+]([O-])c1cccc(C#Cn2ncc3ccccc32)c1. The molecule has 2 aromatic carbocycles. The molecule has 3 rings (SSSR count). The van der Waals surface area contributed by atoms with Crippen molar-refractivity contribution in [3.63, 3.8) is 0 Å². The van der Waals surface area contributed by atoms with Gasteiger partial charge in [-0.3, -0.25) is 10.1 Å². The first-order valence-electron chi connectivity index (χ1n) is 5.93. The van der Waals surface area contributed by atoms with Crippen LogP contribution in [0.2, 0.25) is 0 Å². The third kappa shape index (κ3) is 2.22.